The highest BCUT2D eigenvalue weighted by Crippen LogP contribution is 2.12. The number of alkyl halides is 1. The van der Waals surface area contributed by atoms with Gasteiger partial charge in [0.1, 0.15) is 4.83 Å². The molecule has 0 spiro atoms. The highest BCUT2D eigenvalue weighted by atomic mass is 79.9. The molecule has 0 bridgehead atoms. The molecule has 1 aromatic carbocycles. The third-order valence-electron chi connectivity index (χ3n) is 2.27. The molecular weight excluding hydrogens is 270 g/mol. The van der Waals surface area contributed by atoms with Gasteiger partial charge in [-0.05, 0) is 37.0 Å². The number of carbonyl (C=O) groups is 1. The molecule has 0 aromatic heterocycles. The van der Waals surface area contributed by atoms with Gasteiger partial charge in [-0.3, -0.25) is 4.79 Å². The summed E-state index contributed by atoms with van der Waals surface area (Å²) in [7, 11) is 0. The Balaban J connectivity index is 2.38. The number of benzene rings is 1. The molecule has 16 heavy (non-hydrogen) atoms. The minimum atomic E-state index is -0.820. The van der Waals surface area contributed by atoms with Crippen LogP contribution >= 0.6 is 15.9 Å². The van der Waals surface area contributed by atoms with E-state index in [1.54, 1.807) is 12.1 Å². The zero-order valence-corrected chi connectivity index (χ0v) is 10.3. The maximum Gasteiger partial charge on any atom is 0.317 e. The van der Waals surface area contributed by atoms with Crippen LogP contribution in [0.1, 0.15) is 24.0 Å². The zero-order chi connectivity index (χ0) is 12.0. The van der Waals surface area contributed by atoms with E-state index in [4.69, 9.17) is 10.4 Å². The Morgan fingerprint density at radius 2 is 2.06 bits per heavy atom. The molecule has 0 saturated carbocycles. The van der Waals surface area contributed by atoms with E-state index in [0.29, 0.717) is 12.0 Å². The van der Waals surface area contributed by atoms with Gasteiger partial charge in [-0.25, -0.2) is 0 Å². The molecule has 1 rings (SSSR count). The second kappa shape index (κ2) is 6.29. The summed E-state index contributed by atoms with van der Waals surface area (Å²) in [4.78, 5) is 10.1. The Morgan fingerprint density at radius 3 is 2.56 bits per heavy atom. The molecule has 1 aromatic rings. The van der Waals surface area contributed by atoms with E-state index in [2.05, 4.69) is 22.0 Å². The molecule has 0 fully saturated rings. The van der Waals surface area contributed by atoms with Crippen LogP contribution in [0, 0.1) is 11.3 Å². The molecule has 0 heterocycles. The van der Waals surface area contributed by atoms with Crippen molar-refractivity contribution in [3.8, 4) is 6.07 Å². The van der Waals surface area contributed by atoms with E-state index in [-0.39, 0.29) is 0 Å². The largest absolute Gasteiger partial charge is 0.480 e. The molecule has 1 N–H and O–H groups in total. The van der Waals surface area contributed by atoms with Gasteiger partial charge in [0.05, 0.1) is 11.6 Å². The van der Waals surface area contributed by atoms with Crippen LogP contribution in [0.25, 0.3) is 0 Å². The molecule has 3 nitrogen and oxygen atoms in total. The maximum atomic E-state index is 10.5. The van der Waals surface area contributed by atoms with E-state index in [1.807, 2.05) is 12.1 Å². The lowest BCUT2D eigenvalue weighted by Gasteiger charge is -2.04. The lowest BCUT2D eigenvalue weighted by atomic mass is 10.1. The normalized spacial score (nSPS) is 11.8. The van der Waals surface area contributed by atoms with Crippen molar-refractivity contribution in [3.63, 3.8) is 0 Å². The van der Waals surface area contributed by atoms with Crippen LogP contribution in [0.5, 0.6) is 0 Å². The number of carboxylic acid groups (broad SMARTS) is 1. The average molecular weight is 282 g/mol. The van der Waals surface area contributed by atoms with Gasteiger partial charge in [0.25, 0.3) is 0 Å². The van der Waals surface area contributed by atoms with E-state index in [1.165, 1.54) is 0 Å². The molecule has 0 amide bonds. The lowest BCUT2D eigenvalue weighted by Crippen LogP contribution is -2.12. The smallest absolute Gasteiger partial charge is 0.317 e. The molecule has 0 radical (unpaired) electrons. The van der Waals surface area contributed by atoms with E-state index >= 15 is 0 Å². The highest BCUT2D eigenvalue weighted by molar-refractivity contribution is 9.10. The van der Waals surface area contributed by atoms with Gasteiger partial charge >= 0.3 is 5.97 Å². The minimum Gasteiger partial charge on any atom is -0.480 e. The topological polar surface area (TPSA) is 61.1 Å². The van der Waals surface area contributed by atoms with Crippen LogP contribution in [-0.4, -0.2) is 15.9 Å². The second-order valence-corrected chi connectivity index (χ2v) is 4.61. The maximum absolute atomic E-state index is 10.5. The Labute approximate surface area is 103 Å². The molecule has 4 heteroatoms. The molecular formula is C12H12BrNO2. The van der Waals surface area contributed by atoms with Crippen molar-refractivity contribution < 1.29 is 9.90 Å². The Kier molecular flexibility index (Phi) is 5.00. The number of nitriles is 1. The number of aryl methyl sites for hydroxylation is 1. The fraction of sp³-hybridized carbons (Fsp3) is 0.333. The average Bonchev–Trinajstić information content (AvgIpc) is 2.29. The molecule has 1 unspecified atom stereocenters. The number of aliphatic carboxylic acids is 1. The summed E-state index contributed by atoms with van der Waals surface area (Å²) in [6.45, 7) is 0. The molecule has 0 aliphatic rings. The predicted octanol–water partition coefficient (Wildman–Crippen LogP) is 2.73. The number of nitrogens with zero attached hydrogens (tertiary/aromatic N) is 1. The molecule has 1 atom stereocenters. The van der Waals surface area contributed by atoms with Crippen molar-refractivity contribution in [2.45, 2.75) is 24.1 Å². The molecule has 0 aliphatic carbocycles. The van der Waals surface area contributed by atoms with Crippen molar-refractivity contribution in [2.75, 3.05) is 0 Å². The Morgan fingerprint density at radius 1 is 1.44 bits per heavy atom. The van der Waals surface area contributed by atoms with Crippen molar-refractivity contribution in [3.05, 3.63) is 35.4 Å². The summed E-state index contributed by atoms with van der Waals surface area (Å²) in [6, 6.07) is 9.42. The first kappa shape index (κ1) is 12.7. The van der Waals surface area contributed by atoms with Crippen LogP contribution in [0.4, 0.5) is 0 Å². The van der Waals surface area contributed by atoms with Crippen molar-refractivity contribution in [1.29, 1.82) is 5.26 Å². The fourth-order valence-corrected chi connectivity index (χ4v) is 1.68. The van der Waals surface area contributed by atoms with Crippen LogP contribution < -0.4 is 0 Å². The number of halogens is 1. The lowest BCUT2D eigenvalue weighted by molar-refractivity contribution is -0.136. The molecule has 84 valence electrons. The van der Waals surface area contributed by atoms with Gasteiger partial charge in [0.2, 0.25) is 0 Å². The molecule has 0 aliphatic heterocycles. The van der Waals surface area contributed by atoms with Crippen LogP contribution in [-0.2, 0) is 11.2 Å². The summed E-state index contributed by atoms with van der Waals surface area (Å²) >= 11 is 3.10. The van der Waals surface area contributed by atoms with Crippen LogP contribution in [0.3, 0.4) is 0 Å². The highest BCUT2D eigenvalue weighted by Gasteiger charge is 2.11. The third kappa shape index (κ3) is 4.03. The number of rotatable bonds is 5. The number of hydrogen-bond acceptors (Lipinski definition) is 2. The predicted molar refractivity (Wildman–Crippen MR) is 64.4 cm³/mol. The summed E-state index contributed by atoms with van der Waals surface area (Å²) in [5, 5.41) is 17.3. The Hall–Kier alpha value is -1.34. The van der Waals surface area contributed by atoms with Gasteiger partial charge in [0, 0.05) is 0 Å². The summed E-state index contributed by atoms with van der Waals surface area (Å²) in [5.41, 5.74) is 1.77. The SMILES string of the molecule is N#Cc1ccc(CCCC(Br)C(=O)O)cc1. The summed E-state index contributed by atoms with van der Waals surface area (Å²) in [6.07, 6.45) is 2.25. The van der Waals surface area contributed by atoms with Gasteiger partial charge in [-0.15, -0.1) is 0 Å². The monoisotopic (exact) mass is 281 g/mol. The van der Waals surface area contributed by atoms with Crippen LogP contribution in [0.15, 0.2) is 24.3 Å². The van der Waals surface area contributed by atoms with Gasteiger partial charge in [0.15, 0.2) is 0 Å². The second-order valence-electron chi connectivity index (χ2n) is 3.51. The van der Waals surface area contributed by atoms with Gasteiger partial charge in [-0.1, -0.05) is 28.1 Å². The van der Waals surface area contributed by atoms with Crippen LogP contribution in [0.2, 0.25) is 0 Å². The van der Waals surface area contributed by atoms with Crippen molar-refractivity contribution in [2.24, 2.45) is 0 Å². The zero-order valence-electron chi connectivity index (χ0n) is 8.69. The first-order chi connectivity index (χ1) is 7.63. The fourth-order valence-electron chi connectivity index (χ4n) is 1.35. The van der Waals surface area contributed by atoms with E-state index in [9.17, 15) is 4.79 Å². The summed E-state index contributed by atoms with van der Waals surface area (Å²) < 4.78 is 0. The quantitative estimate of drug-likeness (QED) is 0.845. The number of carboxylic acids is 1. The first-order valence-electron chi connectivity index (χ1n) is 4.99. The van der Waals surface area contributed by atoms with Crippen molar-refractivity contribution in [1.82, 2.24) is 0 Å². The standard InChI is InChI=1S/C12H12BrNO2/c13-11(12(15)16)3-1-2-9-4-6-10(8-14)7-5-9/h4-7,11H,1-3H2,(H,15,16). The van der Waals surface area contributed by atoms with E-state index < -0.39 is 10.8 Å². The molecule has 0 saturated heterocycles. The summed E-state index contributed by atoms with van der Waals surface area (Å²) in [5.74, 6) is -0.820. The van der Waals surface area contributed by atoms with Gasteiger partial charge < -0.3 is 5.11 Å². The van der Waals surface area contributed by atoms with Crippen molar-refractivity contribution >= 4 is 21.9 Å². The Bertz CT molecular complexity index is 394. The number of hydrogen-bond donors (Lipinski definition) is 1. The minimum absolute atomic E-state index is 0.467. The third-order valence-corrected chi connectivity index (χ3v) is 3.12. The van der Waals surface area contributed by atoms with Gasteiger partial charge in [-0.2, -0.15) is 5.26 Å². The first-order valence-corrected chi connectivity index (χ1v) is 5.91. The van der Waals surface area contributed by atoms with E-state index in [0.717, 1.165) is 18.4 Å².